The molecular weight excluding hydrogens is 549 g/mol. The number of carboxylic acids is 1. The van der Waals surface area contributed by atoms with E-state index in [0.717, 1.165) is 43.6 Å². The van der Waals surface area contributed by atoms with E-state index in [-0.39, 0.29) is 18.7 Å². The Labute approximate surface area is 243 Å². The van der Waals surface area contributed by atoms with Crippen molar-refractivity contribution < 1.29 is 19.4 Å². The molecule has 41 heavy (non-hydrogen) atoms. The van der Waals surface area contributed by atoms with Gasteiger partial charge >= 0.3 is 12.1 Å². The average molecular weight is 578 g/mol. The molecule has 0 bridgehead atoms. The molecular formula is C34H28NO4PS. The van der Waals surface area contributed by atoms with Crippen molar-refractivity contribution in [3.05, 3.63) is 132 Å². The Bertz CT molecular complexity index is 1750. The third-order valence-corrected chi connectivity index (χ3v) is 12.6. The van der Waals surface area contributed by atoms with Gasteiger partial charge in [0.1, 0.15) is 12.6 Å². The quantitative estimate of drug-likeness (QED) is 0.213. The monoisotopic (exact) mass is 577 g/mol. The topological polar surface area (TPSA) is 75.6 Å². The lowest BCUT2D eigenvalue weighted by molar-refractivity contribution is -0.138. The van der Waals surface area contributed by atoms with Crippen LogP contribution in [0, 0.1) is 0 Å². The molecule has 0 aliphatic heterocycles. The number of carboxylic acid groups (broad SMARTS) is 1. The Morgan fingerprint density at radius 1 is 0.780 bits per heavy atom. The molecule has 1 unspecified atom stereocenters. The molecule has 1 aliphatic rings. The number of hydrogen-bond donors (Lipinski definition) is 2. The first-order chi connectivity index (χ1) is 20.0. The van der Waals surface area contributed by atoms with Gasteiger partial charge in [-0.05, 0) is 43.6 Å². The van der Waals surface area contributed by atoms with Crippen molar-refractivity contribution >= 4 is 51.3 Å². The second-order valence-electron chi connectivity index (χ2n) is 10.1. The first-order valence-electron chi connectivity index (χ1n) is 13.4. The molecule has 2 atom stereocenters. The Hall–Kier alpha value is -4.25. The second kappa shape index (κ2) is 11.3. The highest BCUT2D eigenvalue weighted by molar-refractivity contribution is 8.22. The zero-order valence-electron chi connectivity index (χ0n) is 22.1. The molecule has 5 aromatic carbocycles. The van der Waals surface area contributed by atoms with Crippen LogP contribution in [0.25, 0.3) is 21.9 Å². The third-order valence-electron chi connectivity index (χ3n) is 7.70. The van der Waals surface area contributed by atoms with E-state index in [4.69, 9.17) is 16.5 Å². The highest BCUT2D eigenvalue weighted by atomic mass is 32.4. The summed E-state index contributed by atoms with van der Waals surface area (Å²) in [5.41, 5.74) is 4.43. The summed E-state index contributed by atoms with van der Waals surface area (Å²) in [5.74, 6) is -1.27. The number of aliphatic carboxylic acids is 1. The van der Waals surface area contributed by atoms with Gasteiger partial charge in [0.2, 0.25) is 0 Å². The molecule has 0 aromatic heterocycles. The minimum Gasteiger partial charge on any atom is -0.480 e. The zero-order valence-corrected chi connectivity index (χ0v) is 23.9. The van der Waals surface area contributed by atoms with Crippen molar-refractivity contribution in [1.82, 2.24) is 5.32 Å². The molecule has 7 heteroatoms. The van der Waals surface area contributed by atoms with Gasteiger partial charge in [0.05, 0.1) is 0 Å². The predicted octanol–water partition coefficient (Wildman–Crippen LogP) is 6.26. The maximum absolute atomic E-state index is 13.1. The van der Waals surface area contributed by atoms with Gasteiger partial charge in [0, 0.05) is 18.1 Å². The summed E-state index contributed by atoms with van der Waals surface area (Å²) in [6.07, 6.45) is -0.702. The second-order valence-corrected chi connectivity index (χ2v) is 14.8. The van der Waals surface area contributed by atoms with Gasteiger partial charge in [0.25, 0.3) is 0 Å². The summed E-state index contributed by atoms with van der Waals surface area (Å²) in [6.45, 7) is 0.0996. The van der Waals surface area contributed by atoms with Gasteiger partial charge in [0.15, 0.2) is 0 Å². The van der Waals surface area contributed by atoms with E-state index in [9.17, 15) is 14.7 Å². The molecule has 6 rings (SSSR count). The summed E-state index contributed by atoms with van der Waals surface area (Å²) >= 11 is 6.41. The molecule has 0 fully saturated rings. The number of benzene rings is 5. The Morgan fingerprint density at radius 2 is 1.37 bits per heavy atom. The Morgan fingerprint density at radius 3 is 2.05 bits per heavy atom. The van der Waals surface area contributed by atoms with E-state index in [0.29, 0.717) is 0 Å². The number of alkyl carbamates (subject to hydrolysis) is 1. The smallest absolute Gasteiger partial charge is 0.407 e. The SMILES string of the molecule is O=C(N[C@H](CP(=S)(c1ccccc1)c1cccc2ccccc12)C(=O)O)OCC1c2ccccc2-c2ccccc21. The molecule has 0 radical (unpaired) electrons. The molecule has 0 heterocycles. The van der Waals surface area contributed by atoms with E-state index in [1.165, 1.54) is 0 Å². The first kappa shape index (κ1) is 26.9. The van der Waals surface area contributed by atoms with Crippen LogP contribution in [0.5, 0.6) is 0 Å². The van der Waals surface area contributed by atoms with E-state index in [1.807, 2.05) is 109 Å². The van der Waals surface area contributed by atoms with E-state index >= 15 is 0 Å². The minimum atomic E-state index is -2.68. The predicted molar refractivity (Wildman–Crippen MR) is 168 cm³/mol. The molecule has 0 saturated carbocycles. The highest BCUT2D eigenvalue weighted by Crippen LogP contribution is 2.47. The van der Waals surface area contributed by atoms with Crippen LogP contribution in [0.3, 0.4) is 0 Å². The lowest BCUT2D eigenvalue weighted by atomic mass is 9.98. The van der Waals surface area contributed by atoms with Crippen LogP contribution in [0.15, 0.2) is 121 Å². The minimum absolute atomic E-state index is 0.0693. The van der Waals surface area contributed by atoms with Gasteiger partial charge in [-0.1, -0.05) is 133 Å². The van der Waals surface area contributed by atoms with Crippen molar-refractivity contribution in [2.24, 2.45) is 0 Å². The number of carbonyl (C=O) groups is 2. The fourth-order valence-electron chi connectivity index (χ4n) is 5.76. The van der Waals surface area contributed by atoms with Gasteiger partial charge < -0.3 is 15.2 Å². The Balaban J connectivity index is 1.26. The maximum atomic E-state index is 13.1. The lowest BCUT2D eigenvalue weighted by Crippen LogP contribution is -2.45. The average Bonchev–Trinajstić information content (AvgIpc) is 3.33. The number of nitrogens with one attached hydrogen (secondary N) is 1. The number of carbonyl (C=O) groups excluding carboxylic acids is 1. The molecule has 5 nitrogen and oxygen atoms in total. The largest absolute Gasteiger partial charge is 0.480 e. The number of rotatable bonds is 8. The van der Waals surface area contributed by atoms with Gasteiger partial charge in [-0.25, -0.2) is 9.59 Å². The number of fused-ring (bicyclic) bond motifs is 4. The molecule has 2 N–H and O–H groups in total. The number of hydrogen-bond acceptors (Lipinski definition) is 4. The van der Waals surface area contributed by atoms with Crippen LogP contribution in [0.1, 0.15) is 17.0 Å². The maximum Gasteiger partial charge on any atom is 0.407 e. The van der Waals surface area contributed by atoms with Gasteiger partial charge in [-0.3, -0.25) is 0 Å². The fraction of sp³-hybridized carbons (Fsp3) is 0.118. The van der Waals surface area contributed by atoms with E-state index < -0.39 is 24.1 Å². The van der Waals surface area contributed by atoms with Crippen molar-refractivity contribution in [3.63, 3.8) is 0 Å². The molecule has 5 aromatic rings. The molecule has 1 amide bonds. The molecule has 204 valence electrons. The summed E-state index contributed by atoms with van der Waals surface area (Å²) in [5, 5.41) is 16.7. The van der Waals surface area contributed by atoms with E-state index in [2.05, 4.69) is 17.4 Å². The van der Waals surface area contributed by atoms with Gasteiger partial charge in [-0.15, -0.1) is 0 Å². The molecule has 0 spiro atoms. The molecule has 1 aliphatic carbocycles. The highest BCUT2D eigenvalue weighted by Gasteiger charge is 2.34. The number of ether oxygens (including phenoxy) is 1. The Kier molecular flexibility index (Phi) is 7.44. The van der Waals surface area contributed by atoms with E-state index in [1.54, 1.807) is 0 Å². The summed E-state index contributed by atoms with van der Waals surface area (Å²) in [6, 6.07) is 35.8. The van der Waals surface area contributed by atoms with Crippen LogP contribution >= 0.6 is 6.04 Å². The summed E-state index contributed by atoms with van der Waals surface area (Å²) < 4.78 is 5.68. The third kappa shape index (κ3) is 5.17. The van der Waals surface area contributed by atoms with Gasteiger partial charge in [-0.2, -0.15) is 0 Å². The van der Waals surface area contributed by atoms with Crippen LogP contribution < -0.4 is 15.9 Å². The van der Waals surface area contributed by atoms with Crippen molar-refractivity contribution in [3.8, 4) is 11.1 Å². The van der Waals surface area contributed by atoms with Crippen molar-refractivity contribution in [1.29, 1.82) is 0 Å². The van der Waals surface area contributed by atoms with Crippen LogP contribution in [-0.2, 0) is 21.3 Å². The van der Waals surface area contributed by atoms with Crippen molar-refractivity contribution in [2.45, 2.75) is 12.0 Å². The van der Waals surface area contributed by atoms with Crippen LogP contribution in [0.4, 0.5) is 4.79 Å². The fourth-order valence-corrected chi connectivity index (χ4v) is 10.1. The number of amides is 1. The van der Waals surface area contributed by atoms with Crippen LogP contribution in [0.2, 0.25) is 0 Å². The first-order valence-corrected chi connectivity index (χ1v) is 16.4. The normalized spacial score (nSPS) is 14.4. The van der Waals surface area contributed by atoms with Crippen LogP contribution in [-0.4, -0.2) is 36.0 Å². The summed E-state index contributed by atoms with van der Waals surface area (Å²) in [4.78, 5) is 25.6. The zero-order chi connectivity index (χ0) is 28.4. The standard InChI is InChI=1S/C34H28NO4PS/c36-33(37)31(35-34(38)39-21-30-28-18-8-6-16-26(28)27-17-7-9-19-29(27)30)22-40(41,24-13-2-1-3-14-24)32-20-10-12-23-11-4-5-15-25(23)32/h1-20,30-31H,21-22H2,(H,35,38)(H,36,37)/t31-,40?/m1/s1. The van der Waals surface area contributed by atoms with Crippen molar-refractivity contribution in [2.75, 3.05) is 12.8 Å². The molecule has 0 saturated heterocycles. The lowest BCUT2D eigenvalue weighted by Gasteiger charge is -2.28. The summed E-state index contributed by atoms with van der Waals surface area (Å²) in [7, 11) is 0.